The lowest BCUT2D eigenvalue weighted by molar-refractivity contribution is -0.123. The van der Waals surface area contributed by atoms with Crippen molar-refractivity contribution < 1.29 is 4.79 Å². The van der Waals surface area contributed by atoms with Crippen molar-refractivity contribution in [3.8, 4) is 0 Å². The van der Waals surface area contributed by atoms with Crippen molar-refractivity contribution in [1.29, 1.82) is 0 Å². The van der Waals surface area contributed by atoms with Crippen LogP contribution in [0.5, 0.6) is 0 Å². The standard InChI is InChI=1S/C14H23ClN2OS/c1-5-11(6-2)17-14(18)10(4)16-9(3)12-7-8-13(15)19-12/h7-11,16H,5-6H2,1-4H3,(H,17,18). The lowest BCUT2D eigenvalue weighted by Gasteiger charge is -2.22. The van der Waals surface area contributed by atoms with Crippen LogP contribution >= 0.6 is 22.9 Å². The van der Waals surface area contributed by atoms with E-state index in [1.807, 2.05) is 26.0 Å². The van der Waals surface area contributed by atoms with Crippen molar-refractivity contribution in [2.75, 3.05) is 0 Å². The predicted molar refractivity (Wildman–Crippen MR) is 82.9 cm³/mol. The van der Waals surface area contributed by atoms with Gasteiger partial charge >= 0.3 is 0 Å². The Balaban J connectivity index is 2.49. The monoisotopic (exact) mass is 302 g/mol. The van der Waals surface area contributed by atoms with Crippen molar-refractivity contribution in [3.63, 3.8) is 0 Å². The van der Waals surface area contributed by atoms with E-state index in [0.717, 1.165) is 22.1 Å². The highest BCUT2D eigenvalue weighted by atomic mass is 35.5. The van der Waals surface area contributed by atoms with E-state index in [1.165, 1.54) is 0 Å². The van der Waals surface area contributed by atoms with Crippen molar-refractivity contribution in [1.82, 2.24) is 10.6 Å². The highest BCUT2D eigenvalue weighted by molar-refractivity contribution is 7.16. The first kappa shape index (κ1) is 16.5. The van der Waals surface area contributed by atoms with Crippen molar-refractivity contribution in [3.05, 3.63) is 21.3 Å². The molecule has 108 valence electrons. The number of nitrogens with one attached hydrogen (secondary N) is 2. The molecule has 0 fully saturated rings. The molecule has 2 unspecified atom stereocenters. The van der Waals surface area contributed by atoms with Gasteiger partial charge in [-0.3, -0.25) is 10.1 Å². The highest BCUT2D eigenvalue weighted by Crippen LogP contribution is 2.26. The van der Waals surface area contributed by atoms with Gasteiger partial charge in [0, 0.05) is 17.0 Å². The molecule has 1 rings (SSSR count). The molecule has 2 N–H and O–H groups in total. The number of halogens is 1. The summed E-state index contributed by atoms with van der Waals surface area (Å²) in [6, 6.07) is 4.06. The second-order valence-corrected chi connectivity index (χ2v) is 6.52. The number of thiophene rings is 1. The molecule has 0 aliphatic rings. The lowest BCUT2D eigenvalue weighted by atomic mass is 10.1. The van der Waals surface area contributed by atoms with E-state index in [1.54, 1.807) is 11.3 Å². The normalized spacial score (nSPS) is 14.4. The van der Waals surface area contributed by atoms with Crippen molar-refractivity contribution in [2.24, 2.45) is 0 Å². The van der Waals surface area contributed by atoms with E-state index in [2.05, 4.69) is 24.5 Å². The zero-order chi connectivity index (χ0) is 14.4. The summed E-state index contributed by atoms with van der Waals surface area (Å²) in [5, 5.41) is 6.36. The largest absolute Gasteiger partial charge is 0.352 e. The maximum absolute atomic E-state index is 12.0. The minimum absolute atomic E-state index is 0.0585. The number of carbonyl (C=O) groups excluding carboxylic acids is 1. The van der Waals surface area contributed by atoms with E-state index in [0.29, 0.717) is 0 Å². The summed E-state index contributed by atoms with van der Waals surface area (Å²) >= 11 is 7.47. The topological polar surface area (TPSA) is 41.1 Å². The van der Waals surface area contributed by atoms with Gasteiger partial charge in [-0.2, -0.15) is 0 Å². The first-order chi connectivity index (χ1) is 8.97. The smallest absolute Gasteiger partial charge is 0.237 e. The molecule has 1 aromatic heterocycles. The number of rotatable bonds is 7. The molecule has 2 atom stereocenters. The van der Waals surface area contributed by atoms with E-state index in [4.69, 9.17) is 11.6 Å². The second kappa shape index (κ2) is 7.88. The van der Waals surface area contributed by atoms with Crippen LogP contribution in [0.4, 0.5) is 0 Å². The van der Waals surface area contributed by atoms with Crippen LogP contribution in [0.25, 0.3) is 0 Å². The first-order valence-electron chi connectivity index (χ1n) is 6.79. The summed E-state index contributed by atoms with van der Waals surface area (Å²) < 4.78 is 0.776. The molecule has 0 spiro atoms. The Bertz CT molecular complexity index is 404. The summed E-state index contributed by atoms with van der Waals surface area (Å²) in [6.07, 6.45) is 1.93. The molecule has 0 aromatic carbocycles. The van der Waals surface area contributed by atoms with Gasteiger partial charge in [-0.05, 0) is 38.8 Å². The second-order valence-electron chi connectivity index (χ2n) is 4.77. The third-order valence-corrected chi connectivity index (χ3v) is 4.66. The molecule has 0 aliphatic heterocycles. The maximum Gasteiger partial charge on any atom is 0.237 e. The van der Waals surface area contributed by atoms with E-state index < -0.39 is 0 Å². The third-order valence-electron chi connectivity index (χ3n) is 3.25. The number of carbonyl (C=O) groups is 1. The Labute approximate surface area is 124 Å². The fraction of sp³-hybridized carbons (Fsp3) is 0.643. The molecular weight excluding hydrogens is 280 g/mol. The molecule has 0 radical (unpaired) electrons. The van der Waals surface area contributed by atoms with E-state index >= 15 is 0 Å². The number of amides is 1. The minimum atomic E-state index is -0.212. The molecule has 1 heterocycles. The molecule has 5 heteroatoms. The van der Waals surface area contributed by atoms with Gasteiger partial charge in [0.15, 0.2) is 0 Å². The van der Waals surface area contributed by atoms with E-state index in [-0.39, 0.29) is 24.0 Å². The zero-order valence-electron chi connectivity index (χ0n) is 12.0. The van der Waals surface area contributed by atoms with Gasteiger partial charge in [-0.25, -0.2) is 0 Å². The van der Waals surface area contributed by atoms with Crippen LogP contribution in [0.3, 0.4) is 0 Å². The predicted octanol–water partition coefficient (Wildman–Crippen LogP) is 3.75. The summed E-state index contributed by atoms with van der Waals surface area (Å²) in [5.74, 6) is 0.0585. The van der Waals surface area contributed by atoms with E-state index in [9.17, 15) is 4.79 Å². The van der Waals surface area contributed by atoms with Gasteiger partial charge in [0.1, 0.15) is 0 Å². The van der Waals surface area contributed by atoms with Gasteiger partial charge in [0.05, 0.1) is 10.4 Å². The van der Waals surface area contributed by atoms with Gasteiger partial charge in [-0.1, -0.05) is 25.4 Å². The summed E-state index contributed by atoms with van der Waals surface area (Å²) in [6.45, 7) is 8.11. The lowest BCUT2D eigenvalue weighted by Crippen LogP contribution is -2.46. The molecule has 0 saturated heterocycles. The molecule has 0 bridgehead atoms. The fourth-order valence-corrected chi connectivity index (χ4v) is 2.99. The van der Waals surface area contributed by atoms with Gasteiger partial charge in [0.2, 0.25) is 5.91 Å². The van der Waals surface area contributed by atoms with Crippen LogP contribution in [0, 0.1) is 0 Å². The van der Waals surface area contributed by atoms with Crippen molar-refractivity contribution >= 4 is 28.8 Å². The average Bonchev–Trinajstić information content (AvgIpc) is 2.82. The Hall–Kier alpha value is -0.580. The van der Waals surface area contributed by atoms with Crippen LogP contribution in [0.2, 0.25) is 4.34 Å². The molecule has 0 saturated carbocycles. The van der Waals surface area contributed by atoms with Gasteiger partial charge in [-0.15, -0.1) is 11.3 Å². The van der Waals surface area contributed by atoms with Crippen LogP contribution in [0.1, 0.15) is 51.5 Å². The average molecular weight is 303 g/mol. The quantitative estimate of drug-likeness (QED) is 0.805. The summed E-state index contributed by atoms with van der Waals surface area (Å²) in [4.78, 5) is 13.2. The minimum Gasteiger partial charge on any atom is -0.352 e. The van der Waals surface area contributed by atoms with Crippen LogP contribution in [0.15, 0.2) is 12.1 Å². The highest BCUT2D eigenvalue weighted by Gasteiger charge is 2.18. The third kappa shape index (κ3) is 5.13. The Kier molecular flexibility index (Phi) is 6.83. The molecule has 19 heavy (non-hydrogen) atoms. The molecule has 1 amide bonds. The molecule has 1 aromatic rings. The molecule has 0 aliphatic carbocycles. The molecule has 3 nitrogen and oxygen atoms in total. The van der Waals surface area contributed by atoms with Crippen LogP contribution in [-0.2, 0) is 4.79 Å². The zero-order valence-corrected chi connectivity index (χ0v) is 13.6. The molecular formula is C14H23ClN2OS. The Morgan fingerprint density at radius 1 is 1.32 bits per heavy atom. The number of hydrogen-bond donors (Lipinski definition) is 2. The Morgan fingerprint density at radius 2 is 1.95 bits per heavy atom. The fourth-order valence-electron chi connectivity index (χ4n) is 1.91. The Morgan fingerprint density at radius 3 is 2.42 bits per heavy atom. The first-order valence-corrected chi connectivity index (χ1v) is 7.99. The van der Waals surface area contributed by atoms with Crippen LogP contribution < -0.4 is 10.6 Å². The SMILES string of the molecule is CCC(CC)NC(=O)C(C)NC(C)c1ccc(Cl)s1. The van der Waals surface area contributed by atoms with Gasteiger partial charge < -0.3 is 5.32 Å². The maximum atomic E-state index is 12.0. The number of hydrogen-bond acceptors (Lipinski definition) is 3. The van der Waals surface area contributed by atoms with Gasteiger partial charge in [0.25, 0.3) is 0 Å². The summed E-state index contributed by atoms with van der Waals surface area (Å²) in [7, 11) is 0. The van der Waals surface area contributed by atoms with Crippen molar-refractivity contribution in [2.45, 2.75) is 58.7 Å². The summed E-state index contributed by atoms with van der Waals surface area (Å²) in [5.41, 5.74) is 0. The van der Waals surface area contributed by atoms with Crippen LogP contribution in [-0.4, -0.2) is 18.0 Å².